The van der Waals surface area contributed by atoms with Crippen molar-refractivity contribution in [3.63, 3.8) is 0 Å². The minimum absolute atomic E-state index is 0.0659. The Balaban J connectivity index is 2.22. The van der Waals surface area contributed by atoms with E-state index in [0.717, 1.165) is 18.2 Å². The molecule has 0 aliphatic heterocycles. The molecule has 6 nitrogen and oxygen atoms in total. The van der Waals surface area contributed by atoms with E-state index in [1.807, 2.05) is 0 Å². The Morgan fingerprint density at radius 2 is 1.96 bits per heavy atom. The van der Waals surface area contributed by atoms with Gasteiger partial charge in [0.05, 0.1) is 4.92 Å². The van der Waals surface area contributed by atoms with Crippen LogP contribution < -0.4 is 10.1 Å². The molecule has 0 unspecified atom stereocenters. The number of carbonyl (C=O) groups excluding carboxylic acids is 1. The van der Waals surface area contributed by atoms with Gasteiger partial charge in [-0.1, -0.05) is 12.1 Å². The molecule has 2 rings (SSSR count). The van der Waals surface area contributed by atoms with E-state index >= 15 is 0 Å². The van der Waals surface area contributed by atoms with E-state index in [4.69, 9.17) is 4.74 Å². The van der Waals surface area contributed by atoms with Crippen LogP contribution in [0.25, 0.3) is 0 Å². The van der Waals surface area contributed by atoms with Crippen molar-refractivity contribution < 1.29 is 27.6 Å². The van der Waals surface area contributed by atoms with Crippen LogP contribution in [0.2, 0.25) is 0 Å². The summed E-state index contributed by atoms with van der Waals surface area (Å²) in [5.41, 5.74) is -1.29. The van der Waals surface area contributed by atoms with Gasteiger partial charge in [-0.3, -0.25) is 14.9 Å². The SMILES string of the molecule is O=C(Nc1cccc(OCC(F)F)c1)c1c(F)cccc1[N+](=O)[O-]. The van der Waals surface area contributed by atoms with Crippen molar-refractivity contribution in [2.45, 2.75) is 6.43 Å². The average molecular weight is 340 g/mol. The quantitative estimate of drug-likeness (QED) is 0.643. The van der Waals surface area contributed by atoms with Crippen molar-refractivity contribution in [1.29, 1.82) is 0 Å². The number of benzene rings is 2. The third-order valence-corrected chi connectivity index (χ3v) is 2.88. The third-order valence-electron chi connectivity index (χ3n) is 2.88. The van der Waals surface area contributed by atoms with E-state index in [9.17, 15) is 28.1 Å². The second-order valence-electron chi connectivity index (χ2n) is 4.58. The molecule has 0 aliphatic carbocycles. The summed E-state index contributed by atoms with van der Waals surface area (Å²) >= 11 is 0. The fourth-order valence-electron chi connectivity index (χ4n) is 1.91. The van der Waals surface area contributed by atoms with E-state index < -0.39 is 40.9 Å². The predicted molar refractivity (Wildman–Crippen MR) is 78.9 cm³/mol. The van der Waals surface area contributed by atoms with Crippen molar-refractivity contribution >= 4 is 17.3 Å². The number of carbonyl (C=O) groups is 1. The van der Waals surface area contributed by atoms with Gasteiger partial charge in [0.1, 0.15) is 18.2 Å². The molecule has 0 fully saturated rings. The van der Waals surface area contributed by atoms with Gasteiger partial charge in [0.15, 0.2) is 5.56 Å². The number of nitro benzene ring substituents is 1. The topological polar surface area (TPSA) is 81.5 Å². The minimum atomic E-state index is -2.66. The summed E-state index contributed by atoms with van der Waals surface area (Å²) in [5, 5.41) is 13.2. The van der Waals surface area contributed by atoms with E-state index in [1.165, 1.54) is 24.3 Å². The predicted octanol–water partition coefficient (Wildman–Crippen LogP) is 3.63. The van der Waals surface area contributed by atoms with E-state index in [1.54, 1.807) is 0 Å². The first kappa shape index (κ1) is 17.3. The standard InChI is InChI=1S/C15H11F3N2O4/c16-11-5-2-6-12(20(22)23)14(11)15(21)19-9-3-1-4-10(7-9)24-8-13(17)18/h1-7,13H,8H2,(H,19,21). The van der Waals surface area contributed by atoms with Crippen LogP contribution >= 0.6 is 0 Å². The number of anilines is 1. The van der Waals surface area contributed by atoms with Crippen LogP contribution in [-0.2, 0) is 0 Å². The fourth-order valence-corrected chi connectivity index (χ4v) is 1.91. The minimum Gasteiger partial charge on any atom is -0.488 e. The summed E-state index contributed by atoms with van der Waals surface area (Å²) in [6.45, 7) is -0.823. The first-order valence-electron chi connectivity index (χ1n) is 6.63. The van der Waals surface area contributed by atoms with Gasteiger partial charge in [-0.2, -0.15) is 0 Å². The molecule has 0 saturated heterocycles. The summed E-state index contributed by atoms with van der Waals surface area (Å²) in [7, 11) is 0. The highest BCUT2D eigenvalue weighted by atomic mass is 19.3. The van der Waals surface area contributed by atoms with Crippen LogP contribution in [0.15, 0.2) is 42.5 Å². The zero-order valence-electron chi connectivity index (χ0n) is 12.0. The molecule has 0 spiro atoms. The highest BCUT2D eigenvalue weighted by molar-refractivity contribution is 6.07. The van der Waals surface area contributed by atoms with Gasteiger partial charge in [0, 0.05) is 17.8 Å². The number of alkyl halides is 2. The van der Waals surface area contributed by atoms with E-state index in [2.05, 4.69) is 5.32 Å². The number of amides is 1. The molecule has 0 saturated carbocycles. The Bertz CT molecular complexity index is 768. The van der Waals surface area contributed by atoms with Crippen molar-refractivity contribution in [1.82, 2.24) is 0 Å². The van der Waals surface area contributed by atoms with Crippen LogP contribution in [0.1, 0.15) is 10.4 Å². The molecule has 0 heterocycles. The Labute approximate surface area is 134 Å². The van der Waals surface area contributed by atoms with Gasteiger partial charge in [0.25, 0.3) is 18.0 Å². The van der Waals surface area contributed by atoms with Crippen molar-refractivity contribution in [3.8, 4) is 5.75 Å². The summed E-state index contributed by atoms with van der Waals surface area (Å²) < 4.78 is 42.8. The third kappa shape index (κ3) is 4.22. The molecule has 9 heteroatoms. The lowest BCUT2D eigenvalue weighted by Gasteiger charge is -2.09. The number of hydrogen-bond acceptors (Lipinski definition) is 4. The Morgan fingerprint density at radius 1 is 1.25 bits per heavy atom. The van der Waals surface area contributed by atoms with Crippen LogP contribution in [0.4, 0.5) is 24.5 Å². The Kier molecular flexibility index (Phi) is 5.35. The average Bonchev–Trinajstić information content (AvgIpc) is 2.52. The van der Waals surface area contributed by atoms with Gasteiger partial charge >= 0.3 is 0 Å². The summed E-state index contributed by atoms with van der Waals surface area (Å²) in [5.74, 6) is -2.02. The maximum atomic E-state index is 13.8. The first-order chi connectivity index (χ1) is 11.4. The van der Waals surface area contributed by atoms with Gasteiger partial charge in [-0.25, -0.2) is 13.2 Å². The maximum absolute atomic E-state index is 13.8. The molecule has 24 heavy (non-hydrogen) atoms. The van der Waals surface area contributed by atoms with Gasteiger partial charge in [0.2, 0.25) is 0 Å². The summed E-state index contributed by atoms with van der Waals surface area (Å²) in [6, 6.07) is 8.50. The molecule has 1 N–H and O–H groups in total. The van der Waals surface area contributed by atoms with Crippen molar-refractivity contribution in [2.24, 2.45) is 0 Å². The van der Waals surface area contributed by atoms with Crippen LogP contribution in [0, 0.1) is 15.9 Å². The second-order valence-corrected chi connectivity index (χ2v) is 4.58. The molecule has 0 radical (unpaired) electrons. The summed E-state index contributed by atoms with van der Waals surface area (Å²) in [6.07, 6.45) is -2.66. The van der Waals surface area contributed by atoms with Crippen LogP contribution in [0.3, 0.4) is 0 Å². The van der Waals surface area contributed by atoms with E-state index in [-0.39, 0.29) is 11.4 Å². The Morgan fingerprint density at radius 3 is 2.62 bits per heavy atom. The molecule has 2 aromatic rings. The van der Waals surface area contributed by atoms with Crippen LogP contribution in [-0.4, -0.2) is 23.9 Å². The van der Waals surface area contributed by atoms with Gasteiger partial charge in [-0.05, 0) is 18.2 Å². The molecule has 2 aromatic carbocycles. The molecule has 1 amide bonds. The Hall–Kier alpha value is -3.10. The highest BCUT2D eigenvalue weighted by Crippen LogP contribution is 2.24. The van der Waals surface area contributed by atoms with E-state index in [0.29, 0.717) is 0 Å². The number of halogens is 3. The smallest absolute Gasteiger partial charge is 0.285 e. The van der Waals surface area contributed by atoms with Crippen molar-refractivity contribution in [2.75, 3.05) is 11.9 Å². The normalized spacial score (nSPS) is 10.5. The molecular weight excluding hydrogens is 329 g/mol. The lowest BCUT2D eigenvalue weighted by molar-refractivity contribution is -0.385. The van der Waals surface area contributed by atoms with Crippen molar-refractivity contribution in [3.05, 3.63) is 64.0 Å². The molecule has 0 bridgehead atoms. The number of nitrogens with zero attached hydrogens (tertiary/aromatic N) is 1. The zero-order valence-corrected chi connectivity index (χ0v) is 12.0. The zero-order chi connectivity index (χ0) is 17.7. The molecule has 0 atom stereocenters. The molecule has 126 valence electrons. The number of nitrogens with one attached hydrogen (secondary N) is 1. The highest BCUT2D eigenvalue weighted by Gasteiger charge is 2.24. The number of ether oxygens (including phenoxy) is 1. The number of rotatable bonds is 6. The largest absolute Gasteiger partial charge is 0.488 e. The van der Waals surface area contributed by atoms with Gasteiger partial charge < -0.3 is 10.1 Å². The monoisotopic (exact) mass is 340 g/mol. The van der Waals surface area contributed by atoms with Gasteiger partial charge in [-0.15, -0.1) is 0 Å². The number of hydrogen-bond donors (Lipinski definition) is 1. The fraction of sp³-hybridized carbons (Fsp3) is 0.133. The molecule has 0 aliphatic rings. The lowest BCUT2D eigenvalue weighted by atomic mass is 10.1. The first-order valence-corrected chi connectivity index (χ1v) is 6.63. The second kappa shape index (κ2) is 7.44. The lowest BCUT2D eigenvalue weighted by Crippen LogP contribution is -2.16. The number of nitro groups is 1. The molecular formula is C15H11F3N2O4. The summed E-state index contributed by atoms with van der Waals surface area (Å²) in [4.78, 5) is 22.1. The van der Waals surface area contributed by atoms with Crippen LogP contribution in [0.5, 0.6) is 5.75 Å². The maximum Gasteiger partial charge on any atom is 0.285 e. The molecule has 0 aromatic heterocycles.